The monoisotopic (exact) mass is 407 g/mol. The number of hydrogen-bond donors (Lipinski definition) is 2. The number of ether oxygens (including phenoxy) is 1. The average molecular weight is 408 g/mol. The molecule has 2 N–H and O–H groups in total. The summed E-state index contributed by atoms with van der Waals surface area (Å²) in [6.45, 7) is 3.91. The van der Waals surface area contributed by atoms with E-state index in [9.17, 15) is 9.59 Å². The molecule has 6 heteroatoms. The van der Waals surface area contributed by atoms with Gasteiger partial charge in [0.15, 0.2) is 0 Å². The van der Waals surface area contributed by atoms with Gasteiger partial charge in [0.1, 0.15) is 12.4 Å². The molecule has 2 heterocycles. The van der Waals surface area contributed by atoms with Gasteiger partial charge in [-0.2, -0.15) is 0 Å². The Morgan fingerprint density at radius 2 is 2.00 bits per heavy atom. The predicted octanol–water partition coefficient (Wildman–Crippen LogP) is 3.23. The largest absolute Gasteiger partial charge is 0.489 e. The van der Waals surface area contributed by atoms with Gasteiger partial charge < -0.3 is 20.3 Å². The van der Waals surface area contributed by atoms with Crippen molar-refractivity contribution in [3.63, 3.8) is 0 Å². The molecule has 2 aromatic rings. The summed E-state index contributed by atoms with van der Waals surface area (Å²) in [5, 5.41) is 6.35. The molecule has 1 unspecified atom stereocenters. The standard InChI is InChI=1S/C24H29N3O3/c1-24(12-6-5-9-18-7-3-2-4-8-18)17-30-21-11-10-19(15-20(21)26-24)23(29)27-14-13-25-22(28)16-27/h2-4,7-8,10-11,15,26H,5-6,9,12-14,16-17H2,1H3,(H,25,28). The third-order valence-corrected chi connectivity index (χ3v) is 5.82. The minimum absolute atomic E-state index is 0.110. The van der Waals surface area contributed by atoms with E-state index in [-0.39, 0.29) is 23.9 Å². The Labute approximate surface area is 177 Å². The zero-order chi connectivity index (χ0) is 21.0. The van der Waals surface area contributed by atoms with Crippen LogP contribution in [0, 0.1) is 0 Å². The molecule has 0 bridgehead atoms. The number of amides is 2. The van der Waals surface area contributed by atoms with Gasteiger partial charge in [0.05, 0.1) is 17.8 Å². The second kappa shape index (κ2) is 8.78. The number of carbonyl (C=O) groups excluding carboxylic acids is 2. The number of aryl methyl sites for hydroxylation is 1. The Morgan fingerprint density at radius 3 is 2.80 bits per heavy atom. The summed E-state index contributed by atoms with van der Waals surface area (Å²) in [5.74, 6) is 0.534. The highest BCUT2D eigenvalue weighted by molar-refractivity contribution is 5.98. The summed E-state index contributed by atoms with van der Waals surface area (Å²) in [6.07, 6.45) is 4.29. The molecule has 30 heavy (non-hydrogen) atoms. The van der Waals surface area contributed by atoms with Crippen molar-refractivity contribution in [3.05, 3.63) is 59.7 Å². The second-order valence-corrected chi connectivity index (χ2v) is 8.45. The number of fused-ring (bicyclic) bond motifs is 1. The van der Waals surface area contributed by atoms with Crippen molar-refractivity contribution in [3.8, 4) is 5.75 Å². The number of unbranched alkanes of at least 4 members (excludes halogenated alkanes) is 1. The van der Waals surface area contributed by atoms with Crippen LogP contribution in [0.15, 0.2) is 48.5 Å². The number of nitrogens with zero attached hydrogens (tertiary/aromatic N) is 1. The molecule has 2 aliphatic heterocycles. The first-order valence-corrected chi connectivity index (χ1v) is 10.7. The number of rotatable bonds is 6. The molecule has 2 aliphatic rings. The number of benzene rings is 2. The van der Waals surface area contributed by atoms with E-state index in [0.717, 1.165) is 37.1 Å². The van der Waals surface area contributed by atoms with Gasteiger partial charge in [-0.15, -0.1) is 0 Å². The van der Waals surface area contributed by atoms with Gasteiger partial charge in [0.25, 0.3) is 5.91 Å². The Kier molecular flexibility index (Phi) is 5.93. The highest BCUT2D eigenvalue weighted by atomic mass is 16.5. The molecule has 2 amide bonds. The molecule has 0 radical (unpaired) electrons. The lowest BCUT2D eigenvalue weighted by molar-refractivity contribution is -0.123. The van der Waals surface area contributed by atoms with E-state index in [1.807, 2.05) is 18.2 Å². The number of anilines is 1. The topological polar surface area (TPSA) is 70.7 Å². The number of hydrogen-bond acceptors (Lipinski definition) is 4. The van der Waals surface area contributed by atoms with Crippen molar-refractivity contribution < 1.29 is 14.3 Å². The summed E-state index contributed by atoms with van der Waals surface area (Å²) < 4.78 is 6.00. The Balaban J connectivity index is 1.36. The van der Waals surface area contributed by atoms with Crippen LogP contribution in [0.25, 0.3) is 0 Å². The number of nitrogens with one attached hydrogen (secondary N) is 2. The third kappa shape index (κ3) is 4.75. The van der Waals surface area contributed by atoms with E-state index < -0.39 is 0 Å². The van der Waals surface area contributed by atoms with Crippen LogP contribution in [-0.4, -0.2) is 48.5 Å². The smallest absolute Gasteiger partial charge is 0.254 e. The molecule has 0 aromatic heterocycles. The van der Waals surface area contributed by atoms with Gasteiger partial charge >= 0.3 is 0 Å². The second-order valence-electron chi connectivity index (χ2n) is 8.45. The molecule has 1 atom stereocenters. The average Bonchev–Trinajstić information content (AvgIpc) is 2.76. The van der Waals surface area contributed by atoms with Crippen molar-refractivity contribution >= 4 is 17.5 Å². The van der Waals surface area contributed by atoms with Crippen molar-refractivity contribution in [2.45, 2.75) is 38.1 Å². The number of carbonyl (C=O) groups is 2. The fourth-order valence-electron chi connectivity index (χ4n) is 4.10. The van der Waals surface area contributed by atoms with E-state index in [0.29, 0.717) is 25.3 Å². The van der Waals surface area contributed by atoms with Crippen LogP contribution in [0.3, 0.4) is 0 Å². The predicted molar refractivity (Wildman–Crippen MR) is 117 cm³/mol. The SMILES string of the molecule is CC1(CCCCc2ccccc2)COc2ccc(C(=O)N3CCNC(=O)C3)cc2N1. The van der Waals surface area contributed by atoms with Gasteiger partial charge in [-0.1, -0.05) is 36.8 Å². The quantitative estimate of drug-likeness (QED) is 0.722. The van der Waals surface area contributed by atoms with Gasteiger partial charge in [-0.05, 0) is 49.9 Å². The fraction of sp³-hybridized carbons (Fsp3) is 0.417. The van der Waals surface area contributed by atoms with Gasteiger partial charge in [0, 0.05) is 18.7 Å². The Hall–Kier alpha value is -3.02. The van der Waals surface area contributed by atoms with Crippen LogP contribution in [0.2, 0.25) is 0 Å². The van der Waals surface area contributed by atoms with E-state index >= 15 is 0 Å². The zero-order valence-corrected chi connectivity index (χ0v) is 17.4. The summed E-state index contributed by atoms with van der Waals surface area (Å²) >= 11 is 0. The van der Waals surface area contributed by atoms with Crippen LogP contribution < -0.4 is 15.4 Å². The first-order chi connectivity index (χ1) is 14.5. The normalized spacial score (nSPS) is 20.6. The van der Waals surface area contributed by atoms with Gasteiger partial charge in [-0.25, -0.2) is 0 Å². The van der Waals surface area contributed by atoms with E-state index in [1.54, 1.807) is 11.0 Å². The molecular weight excluding hydrogens is 378 g/mol. The lowest BCUT2D eigenvalue weighted by atomic mass is 9.92. The maximum atomic E-state index is 12.8. The lowest BCUT2D eigenvalue weighted by Gasteiger charge is -2.37. The summed E-state index contributed by atoms with van der Waals surface area (Å²) in [5.41, 5.74) is 2.62. The van der Waals surface area contributed by atoms with Crippen LogP contribution in [0.1, 0.15) is 42.1 Å². The Bertz CT molecular complexity index is 915. The van der Waals surface area contributed by atoms with Gasteiger partial charge in [0.2, 0.25) is 5.91 Å². The highest BCUT2D eigenvalue weighted by Crippen LogP contribution is 2.35. The van der Waals surface area contributed by atoms with Crippen molar-refractivity contribution in [1.29, 1.82) is 0 Å². The lowest BCUT2D eigenvalue weighted by Crippen LogP contribution is -2.50. The third-order valence-electron chi connectivity index (χ3n) is 5.82. The summed E-state index contributed by atoms with van der Waals surface area (Å²) in [7, 11) is 0. The molecule has 1 saturated heterocycles. The summed E-state index contributed by atoms with van der Waals surface area (Å²) in [4.78, 5) is 26.0. The summed E-state index contributed by atoms with van der Waals surface area (Å²) in [6, 6.07) is 16.0. The Morgan fingerprint density at radius 1 is 1.17 bits per heavy atom. The van der Waals surface area contributed by atoms with Crippen LogP contribution in [0.5, 0.6) is 5.75 Å². The molecule has 0 saturated carbocycles. The van der Waals surface area contributed by atoms with E-state index in [4.69, 9.17) is 4.74 Å². The maximum Gasteiger partial charge on any atom is 0.254 e. The van der Waals surface area contributed by atoms with E-state index in [2.05, 4.69) is 41.8 Å². The molecule has 0 spiro atoms. The minimum atomic E-state index is -0.170. The molecular formula is C24H29N3O3. The van der Waals surface area contributed by atoms with Crippen molar-refractivity contribution in [2.75, 3.05) is 31.6 Å². The molecule has 6 nitrogen and oxygen atoms in total. The molecule has 1 fully saturated rings. The van der Waals surface area contributed by atoms with Crippen molar-refractivity contribution in [2.24, 2.45) is 0 Å². The fourth-order valence-corrected chi connectivity index (χ4v) is 4.10. The first kappa shape index (κ1) is 20.3. The van der Waals surface area contributed by atoms with E-state index in [1.165, 1.54) is 5.56 Å². The van der Waals surface area contributed by atoms with Crippen LogP contribution >= 0.6 is 0 Å². The zero-order valence-electron chi connectivity index (χ0n) is 17.4. The van der Waals surface area contributed by atoms with Crippen molar-refractivity contribution in [1.82, 2.24) is 10.2 Å². The highest BCUT2D eigenvalue weighted by Gasteiger charge is 2.31. The van der Waals surface area contributed by atoms with Crippen LogP contribution in [-0.2, 0) is 11.2 Å². The minimum Gasteiger partial charge on any atom is -0.489 e. The molecule has 0 aliphatic carbocycles. The first-order valence-electron chi connectivity index (χ1n) is 10.7. The van der Waals surface area contributed by atoms with Gasteiger partial charge in [-0.3, -0.25) is 9.59 Å². The van der Waals surface area contributed by atoms with Crippen LogP contribution in [0.4, 0.5) is 5.69 Å². The number of piperazine rings is 1. The maximum absolute atomic E-state index is 12.8. The molecule has 158 valence electrons. The molecule has 4 rings (SSSR count). The molecule has 2 aromatic carbocycles.